The molecule has 0 spiro atoms. The number of methoxy groups -OCH3 is 1. The molecule has 1 fully saturated rings. The Bertz CT molecular complexity index is 344. The Morgan fingerprint density at radius 3 is 2.58 bits per heavy atom. The zero-order valence-electron chi connectivity index (χ0n) is 11.9. The van der Waals surface area contributed by atoms with Crippen LogP contribution >= 0.6 is 0 Å². The van der Waals surface area contributed by atoms with Crippen molar-refractivity contribution in [2.75, 3.05) is 20.3 Å². The molecule has 1 N–H and O–H groups in total. The maximum atomic E-state index is 5.95. The third-order valence-electron chi connectivity index (χ3n) is 3.56. The van der Waals surface area contributed by atoms with Crippen molar-refractivity contribution in [2.24, 2.45) is 0 Å². The summed E-state index contributed by atoms with van der Waals surface area (Å²) in [4.78, 5) is 0. The molecule has 0 atom stereocenters. The first-order chi connectivity index (χ1) is 9.38. The van der Waals surface area contributed by atoms with E-state index in [-0.39, 0.29) is 0 Å². The van der Waals surface area contributed by atoms with Gasteiger partial charge in [0, 0.05) is 20.3 Å². The average Bonchev–Trinajstić information content (AvgIpc) is 2.93. The van der Waals surface area contributed by atoms with Crippen LogP contribution in [0.4, 0.5) is 0 Å². The molecule has 1 aliphatic rings. The van der Waals surface area contributed by atoms with Gasteiger partial charge in [-0.05, 0) is 56.3 Å². The highest BCUT2D eigenvalue weighted by Gasteiger charge is 2.16. The summed E-state index contributed by atoms with van der Waals surface area (Å²) in [6, 6.07) is 8.47. The zero-order valence-corrected chi connectivity index (χ0v) is 11.9. The molecule has 0 amide bonds. The predicted molar refractivity (Wildman–Crippen MR) is 77.5 cm³/mol. The van der Waals surface area contributed by atoms with Crippen LogP contribution in [0.5, 0.6) is 5.75 Å². The highest BCUT2D eigenvalue weighted by atomic mass is 16.5. The molecule has 1 aromatic carbocycles. The van der Waals surface area contributed by atoms with Gasteiger partial charge in [-0.25, -0.2) is 0 Å². The second-order valence-electron chi connectivity index (χ2n) is 5.19. The Hall–Kier alpha value is -1.06. The Kier molecular flexibility index (Phi) is 6.18. The molecule has 0 aromatic heterocycles. The second-order valence-corrected chi connectivity index (χ2v) is 5.19. The Balaban J connectivity index is 1.68. The van der Waals surface area contributed by atoms with E-state index in [0.29, 0.717) is 6.10 Å². The molecule has 1 aromatic rings. The molecule has 0 aliphatic heterocycles. The van der Waals surface area contributed by atoms with Crippen molar-refractivity contribution in [3.8, 4) is 5.75 Å². The molecule has 3 nitrogen and oxygen atoms in total. The molecule has 3 heteroatoms. The number of ether oxygens (including phenoxy) is 2. The zero-order chi connectivity index (χ0) is 13.3. The normalized spacial score (nSPS) is 15.8. The van der Waals surface area contributed by atoms with E-state index in [1.807, 2.05) is 0 Å². The quantitative estimate of drug-likeness (QED) is 0.731. The molecular formula is C16H25NO2. The monoisotopic (exact) mass is 263 g/mol. The molecule has 0 heterocycles. The minimum absolute atomic E-state index is 0.443. The average molecular weight is 263 g/mol. The summed E-state index contributed by atoms with van der Waals surface area (Å²) in [7, 11) is 1.74. The third kappa shape index (κ3) is 5.21. The van der Waals surface area contributed by atoms with Crippen molar-refractivity contribution < 1.29 is 9.47 Å². The first kappa shape index (κ1) is 14.4. The molecule has 0 unspecified atom stereocenters. The summed E-state index contributed by atoms with van der Waals surface area (Å²) in [6.07, 6.45) is 6.55. The van der Waals surface area contributed by atoms with Crippen LogP contribution in [-0.4, -0.2) is 26.4 Å². The Labute approximate surface area is 116 Å². The van der Waals surface area contributed by atoms with Crippen molar-refractivity contribution in [3.05, 3.63) is 29.8 Å². The van der Waals surface area contributed by atoms with Gasteiger partial charge in [0.2, 0.25) is 0 Å². The summed E-state index contributed by atoms with van der Waals surface area (Å²) in [6.45, 7) is 2.72. The highest BCUT2D eigenvalue weighted by Crippen LogP contribution is 2.24. The maximum Gasteiger partial charge on any atom is 0.119 e. The predicted octanol–water partition coefficient (Wildman–Crippen LogP) is 3.13. The van der Waals surface area contributed by atoms with Gasteiger partial charge in [0.25, 0.3) is 0 Å². The van der Waals surface area contributed by atoms with Crippen LogP contribution in [-0.2, 0) is 11.3 Å². The standard InChI is InChI=1S/C16H25NO2/c1-18-12-4-11-17-13-14-7-9-16(10-8-14)19-15-5-2-3-6-15/h7-10,15,17H,2-6,11-13H2,1H3. The summed E-state index contributed by atoms with van der Waals surface area (Å²) < 4.78 is 11.0. The number of rotatable bonds is 8. The second kappa shape index (κ2) is 8.18. The van der Waals surface area contributed by atoms with Crippen LogP contribution in [0.3, 0.4) is 0 Å². The van der Waals surface area contributed by atoms with Gasteiger partial charge in [-0.2, -0.15) is 0 Å². The van der Waals surface area contributed by atoms with Crippen molar-refractivity contribution >= 4 is 0 Å². The van der Waals surface area contributed by atoms with E-state index in [0.717, 1.165) is 31.9 Å². The fourth-order valence-corrected chi connectivity index (χ4v) is 2.46. The largest absolute Gasteiger partial charge is 0.490 e. The number of nitrogens with one attached hydrogen (secondary N) is 1. The van der Waals surface area contributed by atoms with E-state index in [4.69, 9.17) is 9.47 Å². The fraction of sp³-hybridized carbons (Fsp3) is 0.625. The molecule has 19 heavy (non-hydrogen) atoms. The van der Waals surface area contributed by atoms with E-state index in [9.17, 15) is 0 Å². The number of benzene rings is 1. The van der Waals surface area contributed by atoms with Gasteiger partial charge < -0.3 is 14.8 Å². The van der Waals surface area contributed by atoms with Gasteiger partial charge in [-0.3, -0.25) is 0 Å². The number of hydrogen-bond donors (Lipinski definition) is 1. The van der Waals surface area contributed by atoms with Crippen molar-refractivity contribution in [3.63, 3.8) is 0 Å². The minimum Gasteiger partial charge on any atom is -0.490 e. The maximum absolute atomic E-state index is 5.95. The van der Waals surface area contributed by atoms with Crippen molar-refractivity contribution in [1.29, 1.82) is 0 Å². The first-order valence-corrected chi connectivity index (χ1v) is 7.34. The summed E-state index contributed by atoms with van der Waals surface area (Å²) in [5.41, 5.74) is 1.30. The third-order valence-corrected chi connectivity index (χ3v) is 3.56. The molecule has 0 bridgehead atoms. The van der Waals surface area contributed by atoms with E-state index >= 15 is 0 Å². The van der Waals surface area contributed by atoms with Gasteiger partial charge in [0.05, 0.1) is 6.10 Å². The van der Waals surface area contributed by atoms with Gasteiger partial charge >= 0.3 is 0 Å². The first-order valence-electron chi connectivity index (χ1n) is 7.34. The topological polar surface area (TPSA) is 30.5 Å². The Morgan fingerprint density at radius 2 is 1.89 bits per heavy atom. The lowest BCUT2D eigenvalue weighted by Crippen LogP contribution is -2.16. The van der Waals surface area contributed by atoms with Gasteiger partial charge in [0.15, 0.2) is 0 Å². The molecule has 106 valence electrons. The molecule has 2 rings (SSSR count). The van der Waals surface area contributed by atoms with E-state index in [2.05, 4.69) is 29.6 Å². The van der Waals surface area contributed by atoms with Crippen LogP contribution < -0.4 is 10.1 Å². The van der Waals surface area contributed by atoms with E-state index < -0.39 is 0 Å². The smallest absolute Gasteiger partial charge is 0.119 e. The SMILES string of the molecule is COCCCNCc1ccc(OC2CCCC2)cc1. The van der Waals surface area contributed by atoms with E-state index in [1.54, 1.807) is 7.11 Å². The van der Waals surface area contributed by atoms with Crippen LogP contribution in [0.15, 0.2) is 24.3 Å². The van der Waals surface area contributed by atoms with Crippen molar-refractivity contribution in [1.82, 2.24) is 5.32 Å². The summed E-state index contributed by atoms with van der Waals surface area (Å²) in [5.74, 6) is 1.01. The minimum atomic E-state index is 0.443. The molecule has 0 saturated heterocycles. The van der Waals surface area contributed by atoms with Crippen LogP contribution in [0, 0.1) is 0 Å². The molecule has 1 saturated carbocycles. The summed E-state index contributed by atoms with van der Waals surface area (Å²) >= 11 is 0. The Morgan fingerprint density at radius 1 is 1.16 bits per heavy atom. The fourth-order valence-electron chi connectivity index (χ4n) is 2.46. The van der Waals surface area contributed by atoms with Crippen LogP contribution in [0.1, 0.15) is 37.7 Å². The van der Waals surface area contributed by atoms with Crippen LogP contribution in [0.2, 0.25) is 0 Å². The molecular weight excluding hydrogens is 238 g/mol. The lowest BCUT2D eigenvalue weighted by Gasteiger charge is -2.13. The van der Waals surface area contributed by atoms with Gasteiger partial charge in [-0.1, -0.05) is 12.1 Å². The summed E-state index contributed by atoms with van der Waals surface area (Å²) in [5, 5.41) is 3.41. The highest BCUT2D eigenvalue weighted by molar-refractivity contribution is 5.27. The van der Waals surface area contributed by atoms with Crippen LogP contribution in [0.25, 0.3) is 0 Å². The van der Waals surface area contributed by atoms with Gasteiger partial charge in [-0.15, -0.1) is 0 Å². The lowest BCUT2D eigenvalue weighted by molar-refractivity contribution is 0.194. The molecule has 0 radical (unpaired) electrons. The van der Waals surface area contributed by atoms with Crippen molar-refractivity contribution in [2.45, 2.75) is 44.8 Å². The number of hydrogen-bond acceptors (Lipinski definition) is 3. The van der Waals surface area contributed by atoms with Gasteiger partial charge in [0.1, 0.15) is 5.75 Å². The molecule has 1 aliphatic carbocycles. The lowest BCUT2D eigenvalue weighted by atomic mass is 10.2. The van der Waals surface area contributed by atoms with E-state index in [1.165, 1.54) is 31.2 Å².